The van der Waals surface area contributed by atoms with Gasteiger partial charge in [-0.05, 0) is 64.3 Å². The van der Waals surface area contributed by atoms with Gasteiger partial charge in [0.15, 0.2) is 5.76 Å². The van der Waals surface area contributed by atoms with E-state index in [1.54, 1.807) is 6.07 Å². The number of hydrogen-bond acceptors (Lipinski definition) is 4. The van der Waals surface area contributed by atoms with Crippen molar-refractivity contribution < 1.29 is 19.1 Å². The third-order valence-corrected chi connectivity index (χ3v) is 5.15. The predicted octanol–water partition coefficient (Wildman–Crippen LogP) is 2.63. The van der Waals surface area contributed by atoms with E-state index in [0.717, 1.165) is 43.7 Å². The van der Waals surface area contributed by atoms with Crippen LogP contribution in [0.4, 0.5) is 0 Å². The predicted molar refractivity (Wildman–Crippen MR) is 91.0 cm³/mol. The maximum Gasteiger partial charge on any atom is 0.290 e. The fourth-order valence-electron chi connectivity index (χ4n) is 3.89. The Morgan fingerprint density at radius 3 is 2.42 bits per heavy atom. The summed E-state index contributed by atoms with van der Waals surface area (Å²) >= 11 is 0. The Morgan fingerprint density at radius 2 is 1.88 bits per heavy atom. The first kappa shape index (κ1) is 18.5. The Hall–Kier alpha value is -1.82. The lowest BCUT2D eigenvalue weighted by molar-refractivity contribution is -0.122. The Labute approximate surface area is 143 Å². The lowest BCUT2D eigenvalue weighted by Gasteiger charge is -2.42. The van der Waals surface area contributed by atoms with Crippen molar-refractivity contribution in [1.82, 2.24) is 9.80 Å². The zero-order valence-corrected chi connectivity index (χ0v) is 14.6. The van der Waals surface area contributed by atoms with Crippen molar-refractivity contribution in [2.45, 2.75) is 45.1 Å². The van der Waals surface area contributed by atoms with Crippen LogP contribution in [0.5, 0.6) is 0 Å². The fourth-order valence-corrected chi connectivity index (χ4v) is 3.89. The molecule has 2 saturated heterocycles. The molecule has 24 heavy (non-hydrogen) atoms. The second-order valence-corrected chi connectivity index (χ2v) is 6.69. The van der Waals surface area contributed by atoms with Gasteiger partial charge in [-0.25, -0.2) is 0 Å². The summed E-state index contributed by atoms with van der Waals surface area (Å²) < 4.78 is 5.46. The molecular weight excluding hydrogens is 308 g/mol. The van der Waals surface area contributed by atoms with Gasteiger partial charge in [-0.3, -0.25) is 9.59 Å². The molecule has 0 saturated carbocycles. The smallest absolute Gasteiger partial charge is 0.290 e. The molecule has 6 heteroatoms. The fraction of sp³-hybridized carbons (Fsp3) is 0.667. The summed E-state index contributed by atoms with van der Waals surface area (Å²) in [6.07, 6.45) is 6.27. The van der Waals surface area contributed by atoms with Crippen LogP contribution in [-0.4, -0.2) is 60.0 Å². The van der Waals surface area contributed by atoms with Crippen LogP contribution >= 0.6 is 0 Å². The van der Waals surface area contributed by atoms with Crippen molar-refractivity contribution in [2.24, 2.45) is 5.92 Å². The van der Waals surface area contributed by atoms with Crippen molar-refractivity contribution in [1.29, 1.82) is 0 Å². The molecule has 0 bridgehead atoms. The third-order valence-electron chi connectivity index (χ3n) is 5.15. The average Bonchev–Trinajstić information content (AvgIpc) is 3.02. The molecule has 6 nitrogen and oxygen atoms in total. The highest BCUT2D eigenvalue weighted by Crippen LogP contribution is 2.30. The van der Waals surface area contributed by atoms with Gasteiger partial charge in [0.25, 0.3) is 12.4 Å². The maximum atomic E-state index is 12.4. The summed E-state index contributed by atoms with van der Waals surface area (Å²) in [6, 6.07) is 4.37. The minimum absolute atomic E-state index is 0.0542. The third kappa shape index (κ3) is 4.60. The maximum absolute atomic E-state index is 12.4. The second-order valence-electron chi connectivity index (χ2n) is 6.69. The number of nitrogens with zero attached hydrogens (tertiary/aromatic N) is 2. The number of carboxylic acid groups (broad SMARTS) is 1. The van der Waals surface area contributed by atoms with Crippen molar-refractivity contribution in [2.75, 3.05) is 26.7 Å². The highest BCUT2D eigenvalue weighted by Gasteiger charge is 2.32. The first-order valence-corrected chi connectivity index (χ1v) is 8.70. The van der Waals surface area contributed by atoms with Crippen LogP contribution < -0.4 is 0 Å². The quantitative estimate of drug-likeness (QED) is 0.841. The molecular formula is C18H28N2O4. The number of rotatable bonds is 2. The lowest BCUT2D eigenvalue weighted by Crippen LogP contribution is -2.47. The Kier molecular flexibility index (Phi) is 6.85. The molecule has 1 amide bonds. The van der Waals surface area contributed by atoms with Crippen molar-refractivity contribution >= 4 is 12.4 Å². The summed E-state index contributed by atoms with van der Waals surface area (Å²) in [5.74, 6) is 2.09. The molecule has 1 N–H and O–H groups in total. The number of aryl methyl sites for hydroxylation is 1. The number of amides is 1. The minimum Gasteiger partial charge on any atom is -0.483 e. The van der Waals surface area contributed by atoms with E-state index in [4.69, 9.17) is 14.3 Å². The number of piperidine rings is 2. The van der Waals surface area contributed by atoms with Gasteiger partial charge in [0.2, 0.25) is 0 Å². The molecule has 2 fully saturated rings. The van der Waals surface area contributed by atoms with E-state index < -0.39 is 0 Å². The van der Waals surface area contributed by atoms with Crippen LogP contribution in [0.15, 0.2) is 16.5 Å². The molecule has 2 aliphatic heterocycles. The first-order valence-electron chi connectivity index (χ1n) is 8.70. The van der Waals surface area contributed by atoms with Crippen molar-refractivity contribution in [3.63, 3.8) is 0 Å². The van der Waals surface area contributed by atoms with Gasteiger partial charge in [-0.2, -0.15) is 0 Å². The monoisotopic (exact) mass is 336 g/mol. The summed E-state index contributed by atoms with van der Waals surface area (Å²) in [6.45, 7) is 4.60. The van der Waals surface area contributed by atoms with Gasteiger partial charge in [0, 0.05) is 19.1 Å². The topological polar surface area (TPSA) is 74.0 Å². The standard InChI is InChI=1S/C17H26N2O2.CH2O2/c1-13-6-7-16(21-13)17(20)19-11-8-14(9-12-19)15-5-3-4-10-18(15)2;2-1-3/h6-7,14-15H,3-5,8-12H2,1-2H3;1H,(H,2,3). The number of carbonyl (C=O) groups is 2. The number of furan rings is 1. The Balaban J connectivity index is 0.000000647. The van der Waals surface area contributed by atoms with Crippen LogP contribution in [0.1, 0.15) is 48.4 Å². The van der Waals surface area contributed by atoms with Gasteiger partial charge in [-0.15, -0.1) is 0 Å². The largest absolute Gasteiger partial charge is 0.483 e. The van der Waals surface area contributed by atoms with E-state index in [2.05, 4.69) is 11.9 Å². The van der Waals surface area contributed by atoms with E-state index in [1.807, 2.05) is 17.9 Å². The Bertz CT molecular complexity index is 535. The number of carbonyl (C=O) groups excluding carboxylic acids is 1. The summed E-state index contributed by atoms with van der Waals surface area (Å²) in [5.41, 5.74) is 0. The normalized spacial score (nSPS) is 22.6. The van der Waals surface area contributed by atoms with Gasteiger partial charge in [0.1, 0.15) is 5.76 Å². The van der Waals surface area contributed by atoms with E-state index >= 15 is 0 Å². The number of hydrogen-bond donors (Lipinski definition) is 1. The SMILES string of the molecule is Cc1ccc(C(=O)N2CCC(C3CCCCN3C)CC2)o1.O=CO. The second kappa shape index (κ2) is 8.87. The molecule has 3 rings (SSSR count). The molecule has 134 valence electrons. The molecule has 2 aliphatic rings. The van der Waals surface area contributed by atoms with E-state index in [0.29, 0.717) is 5.76 Å². The highest BCUT2D eigenvalue weighted by atomic mass is 16.4. The van der Waals surface area contributed by atoms with Gasteiger partial charge >= 0.3 is 0 Å². The van der Waals surface area contributed by atoms with Gasteiger partial charge in [-0.1, -0.05) is 6.42 Å². The minimum atomic E-state index is -0.250. The van der Waals surface area contributed by atoms with Crippen LogP contribution in [0.25, 0.3) is 0 Å². The van der Waals surface area contributed by atoms with E-state index in [9.17, 15) is 4.79 Å². The Morgan fingerprint density at radius 1 is 1.21 bits per heavy atom. The molecule has 0 spiro atoms. The van der Waals surface area contributed by atoms with E-state index in [1.165, 1.54) is 25.8 Å². The van der Waals surface area contributed by atoms with Crippen molar-refractivity contribution in [3.05, 3.63) is 23.7 Å². The molecule has 1 atom stereocenters. The van der Waals surface area contributed by atoms with Gasteiger partial charge in [0.05, 0.1) is 0 Å². The summed E-state index contributed by atoms with van der Waals surface area (Å²) in [4.78, 5) is 25.2. The lowest BCUT2D eigenvalue weighted by atomic mass is 9.84. The van der Waals surface area contributed by atoms with Crippen molar-refractivity contribution in [3.8, 4) is 0 Å². The van der Waals surface area contributed by atoms with Crippen LogP contribution in [0.2, 0.25) is 0 Å². The van der Waals surface area contributed by atoms with Crippen LogP contribution in [0.3, 0.4) is 0 Å². The average molecular weight is 336 g/mol. The van der Waals surface area contributed by atoms with Crippen LogP contribution in [-0.2, 0) is 4.79 Å². The zero-order valence-electron chi connectivity index (χ0n) is 14.6. The summed E-state index contributed by atoms with van der Waals surface area (Å²) in [5, 5.41) is 6.89. The number of likely N-dealkylation sites (tertiary alicyclic amines) is 2. The first-order chi connectivity index (χ1) is 11.6. The molecule has 1 aromatic rings. The molecule has 1 unspecified atom stereocenters. The van der Waals surface area contributed by atoms with Gasteiger partial charge < -0.3 is 19.3 Å². The molecule has 0 radical (unpaired) electrons. The molecule has 3 heterocycles. The van der Waals surface area contributed by atoms with E-state index in [-0.39, 0.29) is 12.4 Å². The van der Waals surface area contributed by atoms with Crippen LogP contribution in [0, 0.1) is 12.8 Å². The highest BCUT2D eigenvalue weighted by molar-refractivity contribution is 5.91. The zero-order chi connectivity index (χ0) is 17.5. The summed E-state index contributed by atoms with van der Waals surface area (Å²) in [7, 11) is 2.26. The molecule has 1 aromatic heterocycles. The molecule has 0 aromatic carbocycles. The molecule has 0 aliphatic carbocycles.